The number of aromatic nitrogens is 1. The lowest BCUT2D eigenvalue weighted by atomic mass is 10.2. The summed E-state index contributed by atoms with van der Waals surface area (Å²) in [5.74, 6) is 0.848. The van der Waals surface area contributed by atoms with Gasteiger partial charge in [-0.1, -0.05) is 0 Å². The van der Waals surface area contributed by atoms with E-state index in [2.05, 4.69) is 30.1 Å². The van der Waals surface area contributed by atoms with Crippen molar-refractivity contribution < 1.29 is 26.7 Å². The molecule has 0 aliphatic rings. The van der Waals surface area contributed by atoms with E-state index in [0.717, 1.165) is 0 Å². The first kappa shape index (κ1) is 26.8. The van der Waals surface area contributed by atoms with Gasteiger partial charge in [-0.05, 0) is 30.3 Å². The van der Waals surface area contributed by atoms with Crippen LogP contribution in [0.15, 0.2) is 52.6 Å². The van der Waals surface area contributed by atoms with Crippen LogP contribution in [0.1, 0.15) is 5.56 Å². The predicted molar refractivity (Wildman–Crippen MR) is 123 cm³/mol. The van der Waals surface area contributed by atoms with Gasteiger partial charge in [0.1, 0.15) is 16.4 Å². The number of rotatable bonds is 10. The Bertz CT molecular complexity index is 949. The van der Waals surface area contributed by atoms with Crippen molar-refractivity contribution in [3.05, 3.63) is 48.3 Å². The molecule has 9 nitrogen and oxygen atoms in total. The number of guanidine groups is 1. The Balaban J connectivity index is 0.00000480. The molecule has 0 saturated carbocycles. The molecular weight excluding hydrogens is 547 g/mol. The summed E-state index contributed by atoms with van der Waals surface area (Å²) in [4.78, 5) is 7.86. The number of alkyl halides is 2. The van der Waals surface area contributed by atoms with Gasteiger partial charge in [-0.25, -0.2) is 13.1 Å². The molecule has 0 fully saturated rings. The first-order valence-corrected chi connectivity index (χ1v) is 10.3. The number of nitrogens with one attached hydrogen (secondary N) is 3. The van der Waals surface area contributed by atoms with Crippen molar-refractivity contribution in [2.45, 2.75) is 18.1 Å². The first-order valence-electron chi connectivity index (χ1n) is 8.81. The van der Waals surface area contributed by atoms with Gasteiger partial charge in [-0.2, -0.15) is 8.78 Å². The molecule has 0 spiro atoms. The molecule has 0 saturated heterocycles. The van der Waals surface area contributed by atoms with E-state index in [1.165, 1.54) is 50.8 Å². The summed E-state index contributed by atoms with van der Waals surface area (Å²) in [6.45, 7) is -2.50. The van der Waals surface area contributed by atoms with Crippen LogP contribution in [0.25, 0.3) is 0 Å². The van der Waals surface area contributed by atoms with Crippen molar-refractivity contribution >= 4 is 40.0 Å². The summed E-state index contributed by atoms with van der Waals surface area (Å²) in [6.07, 6.45) is 2.74. The molecule has 0 atom stereocenters. The van der Waals surface area contributed by atoms with Crippen LogP contribution < -0.4 is 24.8 Å². The van der Waals surface area contributed by atoms with E-state index in [-0.39, 0.29) is 54.3 Å². The van der Waals surface area contributed by atoms with Gasteiger partial charge in [0.25, 0.3) is 0 Å². The van der Waals surface area contributed by atoms with E-state index >= 15 is 0 Å². The molecule has 1 heterocycles. The Kier molecular flexibility index (Phi) is 11.4. The fourth-order valence-corrected chi connectivity index (χ4v) is 3.38. The molecule has 13 heteroatoms. The third-order valence-corrected chi connectivity index (χ3v) is 5.25. The highest BCUT2D eigenvalue weighted by molar-refractivity contribution is 14.0. The highest BCUT2D eigenvalue weighted by Crippen LogP contribution is 2.25. The van der Waals surface area contributed by atoms with Gasteiger partial charge >= 0.3 is 6.61 Å². The molecule has 1 aromatic heterocycles. The molecule has 0 radical (unpaired) electrons. The second-order valence-corrected chi connectivity index (χ2v) is 7.56. The molecule has 3 N–H and O–H groups in total. The van der Waals surface area contributed by atoms with Crippen molar-refractivity contribution in [3.63, 3.8) is 0 Å². The number of methoxy groups -OCH3 is 1. The van der Waals surface area contributed by atoms with E-state index < -0.39 is 16.6 Å². The van der Waals surface area contributed by atoms with E-state index in [0.29, 0.717) is 17.3 Å². The third-order valence-electron chi connectivity index (χ3n) is 3.81. The number of nitrogens with zero attached hydrogens (tertiary/aromatic N) is 2. The summed E-state index contributed by atoms with van der Waals surface area (Å²) < 4.78 is 61.5. The Morgan fingerprint density at radius 3 is 2.61 bits per heavy atom. The van der Waals surface area contributed by atoms with Gasteiger partial charge in [0.05, 0.1) is 7.11 Å². The van der Waals surface area contributed by atoms with Crippen LogP contribution in [0, 0.1) is 0 Å². The van der Waals surface area contributed by atoms with Crippen LogP contribution in [0.2, 0.25) is 0 Å². The van der Waals surface area contributed by atoms with Gasteiger partial charge in [0.15, 0.2) is 5.96 Å². The summed E-state index contributed by atoms with van der Waals surface area (Å²) in [5.41, 5.74) is 0.440. The molecule has 0 unspecified atom stereocenters. The number of pyridine rings is 1. The number of hydrogen-bond donors (Lipinski definition) is 3. The SMILES string of the molecule is CN=C(NCCNS(=O)(=O)c1cccnc1)NCc1cc(OC)ccc1OC(F)F.I. The average Bonchev–Trinajstić information content (AvgIpc) is 2.74. The molecular formula is C18H24F2IN5O4S. The number of hydrogen-bond acceptors (Lipinski definition) is 6. The van der Waals surface area contributed by atoms with Gasteiger partial charge in [-0.15, -0.1) is 24.0 Å². The minimum Gasteiger partial charge on any atom is -0.497 e. The van der Waals surface area contributed by atoms with Crippen molar-refractivity contribution in [1.29, 1.82) is 0 Å². The molecule has 2 rings (SSSR count). The number of aliphatic imine (C=N–C) groups is 1. The quantitative estimate of drug-likeness (QED) is 0.173. The lowest BCUT2D eigenvalue weighted by molar-refractivity contribution is -0.0505. The maximum absolute atomic E-state index is 12.6. The number of sulfonamides is 1. The van der Waals surface area contributed by atoms with Gasteiger partial charge in [0.2, 0.25) is 10.0 Å². The molecule has 172 valence electrons. The minimum absolute atomic E-state index is 0. The average molecular weight is 571 g/mol. The predicted octanol–water partition coefficient (Wildman–Crippen LogP) is 1.95. The Morgan fingerprint density at radius 1 is 1.23 bits per heavy atom. The molecule has 31 heavy (non-hydrogen) atoms. The van der Waals surface area contributed by atoms with E-state index in [1.807, 2.05) is 0 Å². The second kappa shape index (κ2) is 13.2. The van der Waals surface area contributed by atoms with Gasteiger partial charge in [-0.3, -0.25) is 9.98 Å². The lowest BCUT2D eigenvalue weighted by Crippen LogP contribution is -2.41. The Labute approximate surface area is 196 Å². The molecule has 0 aliphatic carbocycles. The maximum Gasteiger partial charge on any atom is 0.387 e. The van der Waals surface area contributed by atoms with E-state index in [1.54, 1.807) is 6.07 Å². The monoisotopic (exact) mass is 571 g/mol. The van der Waals surface area contributed by atoms with E-state index in [4.69, 9.17) is 4.74 Å². The Hall–Kier alpha value is -2.26. The normalized spacial score (nSPS) is 11.6. The fourth-order valence-electron chi connectivity index (χ4n) is 2.39. The van der Waals surface area contributed by atoms with Crippen LogP contribution in [-0.4, -0.2) is 53.2 Å². The fraction of sp³-hybridized carbons (Fsp3) is 0.333. The van der Waals surface area contributed by atoms with Gasteiger partial charge < -0.3 is 20.1 Å². The molecule has 2 aromatic rings. The van der Waals surface area contributed by atoms with Crippen molar-refractivity contribution in [2.75, 3.05) is 27.2 Å². The summed E-state index contributed by atoms with van der Waals surface area (Å²) in [7, 11) is -0.669. The largest absolute Gasteiger partial charge is 0.497 e. The van der Waals surface area contributed by atoms with Crippen molar-refractivity contribution in [2.24, 2.45) is 4.99 Å². The summed E-state index contributed by atoms with van der Waals surface area (Å²) in [5, 5.41) is 5.88. The van der Waals surface area contributed by atoms with Crippen LogP contribution in [0.5, 0.6) is 11.5 Å². The molecule has 0 amide bonds. The minimum atomic E-state index is -3.66. The van der Waals surface area contributed by atoms with Crippen LogP contribution in [-0.2, 0) is 16.6 Å². The second-order valence-electron chi connectivity index (χ2n) is 5.79. The summed E-state index contributed by atoms with van der Waals surface area (Å²) in [6, 6.07) is 7.45. The highest BCUT2D eigenvalue weighted by Gasteiger charge is 2.14. The maximum atomic E-state index is 12.6. The zero-order chi connectivity index (χ0) is 22.0. The van der Waals surface area contributed by atoms with Crippen LogP contribution in [0.3, 0.4) is 0 Å². The third kappa shape index (κ3) is 8.78. The topological polar surface area (TPSA) is 114 Å². The molecule has 0 bridgehead atoms. The van der Waals surface area contributed by atoms with Gasteiger partial charge in [0, 0.05) is 44.6 Å². The zero-order valence-electron chi connectivity index (χ0n) is 16.8. The number of ether oxygens (including phenoxy) is 2. The highest BCUT2D eigenvalue weighted by atomic mass is 127. The molecule has 0 aliphatic heterocycles. The zero-order valence-corrected chi connectivity index (χ0v) is 20.0. The standard InChI is InChI=1S/C18H23F2N5O4S.HI/c1-21-18(23-8-9-25-30(26,27)15-4-3-7-22-12-15)24-11-13-10-14(28-2)5-6-16(13)29-17(19)20;/h3-7,10,12,17,25H,8-9,11H2,1-2H3,(H2,21,23,24);1H. The number of benzene rings is 1. The van der Waals surface area contributed by atoms with E-state index in [9.17, 15) is 17.2 Å². The van der Waals surface area contributed by atoms with Crippen LogP contribution in [0.4, 0.5) is 8.78 Å². The molecule has 1 aromatic carbocycles. The lowest BCUT2D eigenvalue weighted by Gasteiger charge is -2.15. The van der Waals surface area contributed by atoms with Crippen LogP contribution >= 0.6 is 24.0 Å². The smallest absolute Gasteiger partial charge is 0.387 e. The van der Waals surface area contributed by atoms with Crippen molar-refractivity contribution in [1.82, 2.24) is 20.3 Å². The summed E-state index contributed by atoms with van der Waals surface area (Å²) >= 11 is 0. The Morgan fingerprint density at radius 2 is 2.00 bits per heavy atom. The first-order chi connectivity index (χ1) is 14.4. The van der Waals surface area contributed by atoms with Crippen molar-refractivity contribution in [3.8, 4) is 11.5 Å². The number of halogens is 3.